The molecule has 80 valence electrons. The van der Waals surface area contributed by atoms with E-state index in [9.17, 15) is 4.79 Å². The molecule has 0 radical (unpaired) electrons. The molecule has 1 aromatic heterocycles. The minimum atomic E-state index is -0.269. The molecule has 1 aliphatic rings. The first-order valence-electron chi connectivity index (χ1n) is 5.04. The summed E-state index contributed by atoms with van der Waals surface area (Å²) in [5.41, 5.74) is 1.82. The fourth-order valence-electron chi connectivity index (χ4n) is 1.80. The summed E-state index contributed by atoms with van der Waals surface area (Å²) in [6.07, 6.45) is 0. The minimum Gasteiger partial charge on any atom is -0.368 e. The van der Waals surface area contributed by atoms with E-state index < -0.39 is 0 Å². The topological polar surface area (TPSA) is 41.1 Å². The number of hydrogen-bond donors (Lipinski definition) is 2. The molecule has 0 fully saturated rings. The number of rotatable bonds is 1. The molecule has 2 N–H and O–H groups in total. The van der Waals surface area contributed by atoms with Crippen LogP contribution in [0.15, 0.2) is 41.8 Å². The Labute approximate surface area is 97.1 Å². The average Bonchev–Trinajstić information content (AvgIpc) is 2.81. The maximum absolute atomic E-state index is 11.9. The van der Waals surface area contributed by atoms with Crippen LogP contribution in [0.5, 0.6) is 0 Å². The molecule has 0 bridgehead atoms. The fraction of sp³-hybridized carbons (Fsp3) is 0.0833. The molecule has 1 amide bonds. The van der Waals surface area contributed by atoms with Crippen LogP contribution >= 0.6 is 11.3 Å². The van der Waals surface area contributed by atoms with Crippen LogP contribution in [0.1, 0.15) is 10.9 Å². The van der Waals surface area contributed by atoms with E-state index >= 15 is 0 Å². The van der Waals surface area contributed by atoms with Crippen LogP contribution in [0.3, 0.4) is 0 Å². The smallest absolute Gasteiger partial charge is 0.252 e. The van der Waals surface area contributed by atoms with Crippen LogP contribution < -0.4 is 10.6 Å². The van der Waals surface area contributed by atoms with Crippen molar-refractivity contribution in [3.8, 4) is 0 Å². The molecule has 0 aliphatic carbocycles. The van der Waals surface area contributed by atoms with Crippen LogP contribution in [-0.2, 0) is 4.79 Å². The molecule has 1 aliphatic heterocycles. The Morgan fingerprint density at radius 2 is 1.88 bits per heavy atom. The zero-order chi connectivity index (χ0) is 11.0. The molecular weight excluding hydrogens is 220 g/mol. The van der Waals surface area contributed by atoms with E-state index in [1.54, 1.807) is 11.3 Å². The summed E-state index contributed by atoms with van der Waals surface area (Å²) in [5.74, 6) is 0.00106. The van der Waals surface area contributed by atoms with Crippen molar-refractivity contribution in [3.05, 3.63) is 46.7 Å². The number of amides is 1. The summed E-state index contributed by atoms with van der Waals surface area (Å²) >= 11 is 1.58. The van der Waals surface area contributed by atoms with Crippen molar-refractivity contribution in [3.63, 3.8) is 0 Å². The number of thiophene rings is 1. The van der Waals surface area contributed by atoms with Crippen LogP contribution in [0.2, 0.25) is 0 Å². The summed E-state index contributed by atoms with van der Waals surface area (Å²) in [5, 5.41) is 8.13. The number of para-hydroxylation sites is 2. The summed E-state index contributed by atoms with van der Waals surface area (Å²) in [4.78, 5) is 12.9. The van der Waals surface area contributed by atoms with E-state index in [2.05, 4.69) is 10.6 Å². The third kappa shape index (κ3) is 1.47. The zero-order valence-corrected chi connectivity index (χ0v) is 9.25. The SMILES string of the molecule is O=C1Nc2ccccc2N[C@@H]1c1cccs1. The fourth-order valence-corrected chi connectivity index (χ4v) is 2.57. The molecule has 3 rings (SSSR count). The third-order valence-electron chi connectivity index (χ3n) is 2.57. The van der Waals surface area contributed by atoms with E-state index in [1.807, 2.05) is 41.8 Å². The molecule has 2 aromatic rings. The highest BCUT2D eigenvalue weighted by atomic mass is 32.1. The molecule has 1 atom stereocenters. The molecule has 0 unspecified atom stereocenters. The zero-order valence-electron chi connectivity index (χ0n) is 8.44. The molecule has 0 saturated carbocycles. The number of hydrogen-bond acceptors (Lipinski definition) is 3. The normalized spacial score (nSPS) is 18.5. The van der Waals surface area contributed by atoms with Gasteiger partial charge >= 0.3 is 0 Å². The van der Waals surface area contributed by atoms with Crippen LogP contribution in [0.25, 0.3) is 0 Å². The quantitative estimate of drug-likeness (QED) is 0.791. The Kier molecular flexibility index (Phi) is 2.15. The first kappa shape index (κ1) is 9.42. The summed E-state index contributed by atoms with van der Waals surface area (Å²) in [6, 6.07) is 11.4. The highest BCUT2D eigenvalue weighted by Crippen LogP contribution is 2.33. The van der Waals surface area contributed by atoms with E-state index in [0.29, 0.717) is 0 Å². The molecular formula is C12H10N2OS. The predicted molar refractivity (Wildman–Crippen MR) is 65.8 cm³/mol. The second kappa shape index (κ2) is 3.64. The average molecular weight is 230 g/mol. The highest BCUT2D eigenvalue weighted by Gasteiger charge is 2.26. The number of benzene rings is 1. The standard InChI is InChI=1S/C12H10N2OS/c15-12-11(10-6-3-7-16-10)13-8-4-1-2-5-9(8)14-12/h1-7,11,13H,(H,14,15)/t11-/m1/s1. The molecule has 1 aromatic carbocycles. The highest BCUT2D eigenvalue weighted by molar-refractivity contribution is 7.10. The number of anilines is 2. The lowest BCUT2D eigenvalue weighted by atomic mass is 10.1. The summed E-state index contributed by atoms with van der Waals surface area (Å²) < 4.78 is 0. The summed E-state index contributed by atoms with van der Waals surface area (Å²) in [6.45, 7) is 0. The van der Waals surface area contributed by atoms with Crippen molar-refractivity contribution in [1.82, 2.24) is 0 Å². The van der Waals surface area contributed by atoms with Crippen molar-refractivity contribution in [2.45, 2.75) is 6.04 Å². The second-order valence-electron chi connectivity index (χ2n) is 3.63. The molecule has 2 heterocycles. The van der Waals surface area contributed by atoms with Gasteiger partial charge in [0.05, 0.1) is 11.4 Å². The lowest BCUT2D eigenvalue weighted by Crippen LogP contribution is -2.31. The van der Waals surface area contributed by atoms with Crippen molar-refractivity contribution in [2.75, 3.05) is 10.6 Å². The minimum absolute atomic E-state index is 0.00106. The van der Waals surface area contributed by atoms with Crippen LogP contribution in [0, 0.1) is 0 Å². The van der Waals surface area contributed by atoms with Crippen molar-refractivity contribution < 1.29 is 4.79 Å². The lowest BCUT2D eigenvalue weighted by molar-refractivity contribution is -0.117. The Morgan fingerprint density at radius 3 is 2.62 bits per heavy atom. The van der Waals surface area contributed by atoms with Gasteiger partial charge in [0, 0.05) is 4.88 Å². The van der Waals surface area contributed by atoms with Crippen molar-refractivity contribution in [1.29, 1.82) is 0 Å². The molecule has 0 spiro atoms. The molecule has 0 saturated heterocycles. The van der Waals surface area contributed by atoms with Crippen LogP contribution in [-0.4, -0.2) is 5.91 Å². The van der Waals surface area contributed by atoms with Crippen LogP contribution in [0.4, 0.5) is 11.4 Å². The molecule has 16 heavy (non-hydrogen) atoms. The Morgan fingerprint density at radius 1 is 1.06 bits per heavy atom. The number of carbonyl (C=O) groups is 1. The lowest BCUT2D eigenvalue weighted by Gasteiger charge is -2.25. The van der Waals surface area contributed by atoms with E-state index in [1.165, 1.54) is 0 Å². The third-order valence-corrected chi connectivity index (χ3v) is 3.51. The van der Waals surface area contributed by atoms with Gasteiger partial charge in [-0.3, -0.25) is 4.79 Å². The van der Waals surface area contributed by atoms with Gasteiger partial charge in [0.2, 0.25) is 0 Å². The number of carbonyl (C=O) groups excluding carboxylic acids is 1. The Balaban J connectivity index is 1.98. The number of fused-ring (bicyclic) bond motifs is 1. The summed E-state index contributed by atoms with van der Waals surface area (Å²) in [7, 11) is 0. The maximum Gasteiger partial charge on any atom is 0.252 e. The van der Waals surface area contributed by atoms with E-state index in [4.69, 9.17) is 0 Å². The van der Waals surface area contributed by atoms with Gasteiger partial charge < -0.3 is 10.6 Å². The van der Waals surface area contributed by atoms with Gasteiger partial charge in [0.15, 0.2) is 0 Å². The van der Waals surface area contributed by atoms with Gasteiger partial charge in [-0.1, -0.05) is 18.2 Å². The van der Waals surface area contributed by atoms with E-state index in [-0.39, 0.29) is 11.9 Å². The van der Waals surface area contributed by atoms with Gasteiger partial charge in [-0.2, -0.15) is 0 Å². The van der Waals surface area contributed by atoms with Gasteiger partial charge in [0.25, 0.3) is 5.91 Å². The monoisotopic (exact) mass is 230 g/mol. The largest absolute Gasteiger partial charge is 0.368 e. The Hall–Kier alpha value is -1.81. The first-order valence-corrected chi connectivity index (χ1v) is 5.92. The molecule has 3 nitrogen and oxygen atoms in total. The predicted octanol–water partition coefficient (Wildman–Crippen LogP) is 2.85. The Bertz CT molecular complexity index is 522. The van der Waals surface area contributed by atoms with Gasteiger partial charge in [-0.05, 0) is 23.6 Å². The van der Waals surface area contributed by atoms with Gasteiger partial charge in [-0.25, -0.2) is 0 Å². The van der Waals surface area contributed by atoms with Gasteiger partial charge in [-0.15, -0.1) is 11.3 Å². The van der Waals surface area contributed by atoms with E-state index in [0.717, 1.165) is 16.3 Å². The van der Waals surface area contributed by atoms with Crippen molar-refractivity contribution >= 4 is 28.6 Å². The van der Waals surface area contributed by atoms with Gasteiger partial charge in [0.1, 0.15) is 6.04 Å². The first-order chi connectivity index (χ1) is 7.84. The number of nitrogens with one attached hydrogen (secondary N) is 2. The second-order valence-corrected chi connectivity index (χ2v) is 4.61. The van der Waals surface area contributed by atoms with Crippen molar-refractivity contribution in [2.24, 2.45) is 0 Å². The maximum atomic E-state index is 11.9. The molecule has 4 heteroatoms.